The molecule has 0 spiro atoms. The highest BCUT2D eigenvalue weighted by molar-refractivity contribution is 9.08. The fourth-order valence-corrected chi connectivity index (χ4v) is 2.21. The molecule has 4 heteroatoms. The van der Waals surface area contributed by atoms with Crippen LogP contribution in [0.15, 0.2) is 18.2 Å². The van der Waals surface area contributed by atoms with Crippen molar-refractivity contribution in [2.45, 2.75) is 18.2 Å². The molecule has 0 aromatic heterocycles. The summed E-state index contributed by atoms with van der Waals surface area (Å²) < 4.78 is 24.4. The normalized spacial score (nSPS) is 17.1. The second kappa shape index (κ2) is 6.36. The highest BCUT2D eigenvalue weighted by Gasteiger charge is 2.15. The van der Waals surface area contributed by atoms with Crippen molar-refractivity contribution in [3.63, 3.8) is 0 Å². The molecule has 1 aromatic carbocycles. The molecular formula is C13H16BrFO2. The lowest BCUT2D eigenvalue weighted by atomic mass is 10.0. The number of benzene rings is 1. The molecule has 2 nitrogen and oxygen atoms in total. The van der Waals surface area contributed by atoms with Crippen molar-refractivity contribution in [3.8, 4) is 5.75 Å². The summed E-state index contributed by atoms with van der Waals surface area (Å²) in [4.78, 5) is 0. The Bertz CT molecular complexity index is 364. The molecule has 0 amide bonds. The van der Waals surface area contributed by atoms with Gasteiger partial charge < -0.3 is 9.47 Å². The third-order valence-corrected chi connectivity index (χ3v) is 3.61. The first kappa shape index (κ1) is 12.8. The molecule has 0 bridgehead atoms. The number of rotatable bonds is 4. The first-order valence-electron chi connectivity index (χ1n) is 5.84. The van der Waals surface area contributed by atoms with Gasteiger partial charge in [0.1, 0.15) is 0 Å². The van der Waals surface area contributed by atoms with E-state index < -0.39 is 0 Å². The average Bonchev–Trinajstić information content (AvgIpc) is 2.38. The number of alkyl halides is 1. The maximum atomic E-state index is 13.6. The van der Waals surface area contributed by atoms with Crippen LogP contribution in [-0.2, 0) is 10.1 Å². The van der Waals surface area contributed by atoms with Crippen LogP contribution in [0.3, 0.4) is 0 Å². The smallest absolute Gasteiger partial charge is 0.165 e. The van der Waals surface area contributed by atoms with Crippen molar-refractivity contribution in [2.24, 2.45) is 5.92 Å². The van der Waals surface area contributed by atoms with Gasteiger partial charge in [-0.25, -0.2) is 4.39 Å². The van der Waals surface area contributed by atoms with Crippen LogP contribution in [-0.4, -0.2) is 19.8 Å². The average molecular weight is 303 g/mol. The zero-order valence-electron chi connectivity index (χ0n) is 9.62. The van der Waals surface area contributed by atoms with Gasteiger partial charge in [-0.2, -0.15) is 0 Å². The Morgan fingerprint density at radius 2 is 2.12 bits per heavy atom. The predicted octanol–water partition coefficient (Wildman–Crippen LogP) is 3.53. The summed E-state index contributed by atoms with van der Waals surface area (Å²) in [6.45, 7) is 2.16. The summed E-state index contributed by atoms with van der Waals surface area (Å²) in [5, 5.41) is 0.657. The van der Waals surface area contributed by atoms with E-state index in [-0.39, 0.29) is 5.82 Å². The van der Waals surface area contributed by atoms with Gasteiger partial charge >= 0.3 is 0 Å². The topological polar surface area (TPSA) is 18.5 Å². The van der Waals surface area contributed by atoms with Crippen molar-refractivity contribution in [3.05, 3.63) is 29.6 Å². The van der Waals surface area contributed by atoms with Crippen molar-refractivity contribution in [1.29, 1.82) is 0 Å². The van der Waals surface area contributed by atoms with Gasteiger partial charge in [-0.3, -0.25) is 0 Å². The minimum Gasteiger partial charge on any atom is -0.490 e. The largest absolute Gasteiger partial charge is 0.490 e. The van der Waals surface area contributed by atoms with E-state index in [0.29, 0.717) is 23.6 Å². The van der Waals surface area contributed by atoms with Crippen LogP contribution in [0.2, 0.25) is 0 Å². The molecule has 2 rings (SSSR count). The molecular weight excluding hydrogens is 287 g/mol. The third kappa shape index (κ3) is 3.68. The highest BCUT2D eigenvalue weighted by Crippen LogP contribution is 2.22. The second-order valence-corrected chi connectivity index (χ2v) is 4.83. The lowest BCUT2D eigenvalue weighted by Crippen LogP contribution is -2.21. The van der Waals surface area contributed by atoms with E-state index >= 15 is 0 Å². The van der Waals surface area contributed by atoms with Crippen molar-refractivity contribution in [2.75, 3.05) is 19.8 Å². The van der Waals surface area contributed by atoms with E-state index in [1.54, 1.807) is 6.07 Å². The van der Waals surface area contributed by atoms with Crippen LogP contribution in [0, 0.1) is 11.7 Å². The molecule has 1 aliphatic rings. The maximum Gasteiger partial charge on any atom is 0.165 e. The van der Waals surface area contributed by atoms with Gasteiger partial charge in [-0.1, -0.05) is 22.0 Å². The molecule has 0 saturated carbocycles. The van der Waals surface area contributed by atoms with Gasteiger partial charge in [-0.15, -0.1) is 0 Å². The summed E-state index contributed by atoms with van der Waals surface area (Å²) in [5.74, 6) is 0.550. The molecule has 0 N–H and O–H groups in total. The van der Waals surface area contributed by atoms with Crippen molar-refractivity contribution >= 4 is 15.9 Å². The van der Waals surface area contributed by atoms with Crippen LogP contribution in [0.4, 0.5) is 4.39 Å². The molecule has 17 heavy (non-hydrogen) atoms. The van der Waals surface area contributed by atoms with Gasteiger partial charge in [0, 0.05) is 18.5 Å². The summed E-state index contributed by atoms with van der Waals surface area (Å²) in [7, 11) is 0. The highest BCUT2D eigenvalue weighted by atomic mass is 79.9. The van der Waals surface area contributed by atoms with Crippen LogP contribution >= 0.6 is 15.9 Å². The maximum absolute atomic E-state index is 13.6. The van der Waals surface area contributed by atoms with Gasteiger partial charge in [-0.05, 0) is 36.5 Å². The lowest BCUT2D eigenvalue weighted by Gasteiger charge is -2.22. The van der Waals surface area contributed by atoms with E-state index in [2.05, 4.69) is 15.9 Å². The van der Waals surface area contributed by atoms with E-state index in [0.717, 1.165) is 31.6 Å². The molecule has 1 saturated heterocycles. The fraction of sp³-hybridized carbons (Fsp3) is 0.538. The molecule has 1 aromatic rings. The molecule has 0 unspecified atom stereocenters. The Balaban J connectivity index is 1.89. The summed E-state index contributed by atoms with van der Waals surface area (Å²) in [5.41, 5.74) is 0.918. The van der Waals surface area contributed by atoms with Gasteiger partial charge in [0.25, 0.3) is 0 Å². The molecule has 0 atom stereocenters. The van der Waals surface area contributed by atoms with E-state index in [4.69, 9.17) is 9.47 Å². The van der Waals surface area contributed by atoms with Crippen molar-refractivity contribution in [1.82, 2.24) is 0 Å². The first-order chi connectivity index (χ1) is 8.29. The van der Waals surface area contributed by atoms with Crippen LogP contribution < -0.4 is 4.74 Å². The Labute approximate surface area is 109 Å². The van der Waals surface area contributed by atoms with Crippen LogP contribution in [0.25, 0.3) is 0 Å². The zero-order chi connectivity index (χ0) is 12.1. The summed E-state index contributed by atoms with van der Waals surface area (Å²) in [6, 6.07) is 5.08. The molecule has 1 heterocycles. The predicted molar refractivity (Wildman–Crippen MR) is 68.1 cm³/mol. The van der Waals surface area contributed by atoms with Gasteiger partial charge in [0.05, 0.1) is 6.61 Å². The second-order valence-electron chi connectivity index (χ2n) is 4.27. The molecule has 0 aliphatic carbocycles. The molecule has 1 fully saturated rings. The lowest BCUT2D eigenvalue weighted by molar-refractivity contribution is 0.0491. The van der Waals surface area contributed by atoms with Crippen LogP contribution in [0.5, 0.6) is 5.75 Å². The van der Waals surface area contributed by atoms with E-state index in [1.165, 1.54) is 6.07 Å². The molecule has 1 aliphatic heterocycles. The molecule has 0 radical (unpaired) electrons. The number of ether oxygens (including phenoxy) is 2. The van der Waals surface area contributed by atoms with E-state index in [9.17, 15) is 4.39 Å². The number of halogens is 2. The monoisotopic (exact) mass is 302 g/mol. The van der Waals surface area contributed by atoms with E-state index in [1.807, 2.05) is 6.07 Å². The molecule has 94 valence electrons. The number of hydrogen-bond donors (Lipinski definition) is 0. The first-order valence-corrected chi connectivity index (χ1v) is 6.96. The Hall–Kier alpha value is -0.610. The third-order valence-electron chi connectivity index (χ3n) is 2.97. The summed E-state index contributed by atoms with van der Waals surface area (Å²) in [6.07, 6.45) is 2.00. The van der Waals surface area contributed by atoms with Crippen LogP contribution in [0.1, 0.15) is 18.4 Å². The SMILES string of the molecule is Fc1cc(CBr)ccc1OCC1CCOCC1. The van der Waals surface area contributed by atoms with Gasteiger partial charge in [0.15, 0.2) is 11.6 Å². The zero-order valence-corrected chi connectivity index (χ0v) is 11.2. The Morgan fingerprint density at radius 3 is 2.76 bits per heavy atom. The minimum absolute atomic E-state index is 0.283. The summed E-state index contributed by atoms with van der Waals surface area (Å²) >= 11 is 3.30. The van der Waals surface area contributed by atoms with Crippen molar-refractivity contribution < 1.29 is 13.9 Å². The Kier molecular flexibility index (Phi) is 4.80. The van der Waals surface area contributed by atoms with Gasteiger partial charge in [0.2, 0.25) is 0 Å². The standard InChI is InChI=1S/C13H16BrFO2/c14-8-11-1-2-13(12(15)7-11)17-9-10-3-5-16-6-4-10/h1-2,7,10H,3-6,8-9H2. The fourth-order valence-electron chi connectivity index (χ4n) is 1.87. The Morgan fingerprint density at radius 1 is 1.35 bits per heavy atom. The minimum atomic E-state index is -0.283. The number of hydrogen-bond acceptors (Lipinski definition) is 2. The quantitative estimate of drug-likeness (QED) is 0.792.